The fraction of sp³-hybridized carbons (Fsp3) is 0.231. The number of aryl methyl sites for hydroxylation is 1. The summed E-state index contributed by atoms with van der Waals surface area (Å²) in [7, 11) is -3.75. The highest BCUT2D eigenvalue weighted by atomic mass is 35.5. The summed E-state index contributed by atoms with van der Waals surface area (Å²) < 4.78 is 29.0. The van der Waals surface area contributed by atoms with Crippen LogP contribution in [0.1, 0.15) is 40.6 Å². The second-order valence-corrected chi connectivity index (χ2v) is 10.7. The molecule has 0 fully saturated rings. The van der Waals surface area contributed by atoms with E-state index in [0.717, 1.165) is 17.7 Å². The van der Waals surface area contributed by atoms with E-state index in [9.17, 15) is 8.42 Å². The highest BCUT2D eigenvalue weighted by Crippen LogP contribution is 2.50. The van der Waals surface area contributed by atoms with Crippen molar-refractivity contribution in [1.82, 2.24) is 0 Å². The highest BCUT2D eigenvalue weighted by Gasteiger charge is 2.38. The van der Waals surface area contributed by atoms with Crippen molar-refractivity contribution in [3.63, 3.8) is 0 Å². The normalized spacial score (nSPS) is 21.5. The summed E-state index contributed by atoms with van der Waals surface area (Å²) in [6.45, 7) is 3.89. The number of fused-ring (bicyclic) bond motifs is 3. The van der Waals surface area contributed by atoms with Crippen molar-refractivity contribution in [2.75, 3.05) is 10.0 Å². The number of halogens is 1. The molecule has 1 aliphatic heterocycles. The summed E-state index contributed by atoms with van der Waals surface area (Å²) in [4.78, 5) is 0.255. The molecule has 4 nitrogen and oxygen atoms in total. The van der Waals surface area contributed by atoms with Gasteiger partial charge in [0.1, 0.15) is 0 Å². The first-order chi connectivity index (χ1) is 15.3. The molecule has 2 aliphatic rings. The molecule has 0 saturated carbocycles. The van der Waals surface area contributed by atoms with Crippen molar-refractivity contribution >= 4 is 33.0 Å². The Hall–Kier alpha value is -2.76. The lowest BCUT2D eigenvalue weighted by molar-refractivity contribution is 0.425. The molecule has 0 aromatic heterocycles. The molecule has 5 rings (SSSR count). The molecule has 0 spiro atoms. The van der Waals surface area contributed by atoms with Gasteiger partial charge in [-0.1, -0.05) is 59.6 Å². The van der Waals surface area contributed by atoms with Gasteiger partial charge in [-0.25, -0.2) is 8.42 Å². The lowest BCUT2D eigenvalue weighted by Gasteiger charge is -2.37. The molecule has 1 heterocycles. The Morgan fingerprint density at radius 3 is 2.59 bits per heavy atom. The van der Waals surface area contributed by atoms with E-state index < -0.39 is 10.0 Å². The molecule has 3 aromatic rings. The molecular formula is C26H25ClN2O2S. The fourth-order valence-electron chi connectivity index (χ4n) is 4.77. The van der Waals surface area contributed by atoms with Gasteiger partial charge in [0.15, 0.2) is 0 Å². The van der Waals surface area contributed by atoms with Gasteiger partial charge in [-0.2, -0.15) is 0 Å². The zero-order valence-corrected chi connectivity index (χ0v) is 19.5. The Morgan fingerprint density at radius 2 is 1.81 bits per heavy atom. The van der Waals surface area contributed by atoms with Crippen LogP contribution in [0.15, 0.2) is 77.7 Å². The number of sulfonamides is 1. The number of anilines is 2. The minimum absolute atomic E-state index is 0.181. The number of benzene rings is 3. The van der Waals surface area contributed by atoms with Gasteiger partial charge in [0.2, 0.25) is 0 Å². The summed E-state index contributed by atoms with van der Waals surface area (Å²) in [6, 6.07) is 19.4. The van der Waals surface area contributed by atoms with Gasteiger partial charge < -0.3 is 5.32 Å². The van der Waals surface area contributed by atoms with Gasteiger partial charge in [0, 0.05) is 16.6 Å². The topological polar surface area (TPSA) is 58.2 Å². The van der Waals surface area contributed by atoms with E-state index >= 15 is 0 Å². The van der Waals surface area contributed by atoms with E-state index in [1.165, 1.54) is 11.1 Å². The lowest BCUT2D eigenvalue weighted by Crippen LogP contribution is -2.29. The second-order valence-electron chi connectivity index (χ2n) is 8.65. The van der Waals surface area contributed by atoms with Gasteiger partial charge in [0.05, 0.1) is 16.6 Å². The van der Waals surface area contributed by atoms with Crippen molar-refractivity contribution < 1.29 is 8.42 Å². The van der Waals surface area contributed by atoms with Gasteiger partial charge in [-0.15, -0.1) is 0 Å². The average molecular weight is 465 g/mol. The molecule has 0 bridgehead atoms. The Bertz CT molecular complexity index is 1320. The number of allylic oxidation sites excluding steroid dienone is 2. The van der Waals surface area contributed by atoms with Crippen LogP contribution in [0.4, 0.5) is 11.4 Å². The van der Waals surface area contributed by atoms with Gasteiger partial charge >= 0.3 is 0 Å². The maximum Gasteiger partial charge on any atom is 0.261 e. The van der Waals surface area contributed by atoms with Crippen molar-refractivity contribution in [2.45, 2.75) is 37.1 Å². The second kappa shape index (κ2) is 7.98. The molecule has 6 heteroatoms. The van der Waals surface area contributed by atoms with Gasteiger partial charge in [-0.3, -0.25) is 4.72 Å². The third-order valence-electron chi connectivity index (χ3n) is 6.59. The standard InChI is InChI=1S/C26H25ClN2O2S/c1-16-9-11-18(12-10-16)26-21-6-3-5-20(21)22-15-19(13-14-25(22)28-26)32(30,31)29-24-8-4-7-23(27)17(24)2/h3-5,7-15,20-21,26,28-29H,6H2,1-2H3/t20-,21-,26-/m0/s1. The molecule has 3 atom stereocenters. The SMILES string of the molecule is Cc1ccc([C@@H]2Nc3ccc(S(=O)(=O)Nc4cccc(Cl)c4C)cc3[C@H]3C=CC[C@@H]32)cc1. The summed E-state index contributed by atoms with van der Waals surface area (Å²) in [5.41, 5.74) is 5.71. The Labute approximate surface area is 194 Å². The van der Waals surface area contributed by atoms with Crippen LogP contribution in [0.25, 0.3) is 0 Å². The van der Waals surface area contributed by atoms with E-state index in [1.54, 1.807) is 31.2 Å². The monoisotopic (exact) mass is 464 g/mol. The number of nitrogens with one attached hydrogen (secondary N) is 2. The van der Waals surface area contributed by atoms with E-state index in [4.69, 9.17) is 11.6 Å². The molecule has 32 heavy (non-hydrogen) atoms. The van der Waals surface area contributed by atoms with E-state index in [2.05, 4.69) is 53.4 Å². The van der Waals surface area contributed by atoms with E-state index in [0.29, 0.717) is 22.2 Å². The molecule has 0 unspecified atom stereocenters. The van der Waals surface area contributed by atoms with Crippen molar-refractivity contribution in [2.24, 2.45) is 5.92 Å². The first-order valence-corrected chi connectivity index (χ1v) is 12.6. The Kier molecular flexibility index (Phi) is 5.26. The van der Waals surface area contributed by atoms with Crippen molar-refractivity contribution in [1.29, 1.82) is 0 Å². The summed E-state index contributed by atoms with van der Waals surface area (Å²) >= 11 is 6.17. The fourth-order valence-corrected chi connectivity index (χ4v) is 6.10. The van der Waals surface area contributed by atoms with Crippen LogP contribution in [0.5, 0.6) is 0 Å². The zero-order chi connectivity index (χ0) is 22.5. The number of rotatable bonds is 4. The largest absolute Gasteiger partial charge is 0.378 e. The molecule has 2 N–H and O–H groups in total. The predicted molar refractivity (Wildman–Crippen MR) is 131 cm³/mol. The average Bonchev–Trinajstić information content (AvgIpc) is 3.27. The molecule has 0 amide bonds. The first-order valence-electron chi connectivity index (χ1n) is 10.7. The highest BCUT2D eigenvalue weighted by molar-refractivity contribution is 7.92. The Morgan fingerprint density at radius 1 is 1.03 bits per heavy atom. The molecule has 0 saturated heterocycles. The van der Waals surface area contributed by atoms with Crippen molar-refractivity contribution in [3.05, 3.63) is 100 Å². The maximum atomic E-state index is 13.2. The zero-order valence-electron chi connectivity index (χ0n) is 18.0. The van der Waals surface area contributed by atoms with Crippen LogP contribution in [0.3, 0.4) is 0 Å². The predicted octanol–water partition coefficient (Wildman–Crippen LogP) is 6.58. The van der Waals surface area contributed by atoms with Crippen molar-refractivity contribution in [3.8, 4) is 0 Å². The van der Waals surface area contributed by atoms with Crippen LogP contribution in [0, 0.1) is 19.8 Å². The van der Waals surface area contributed by atoms with Crippen LogP contribution in [-0.4, -0.2) is 8.42 Å². The smallest absolute Gasteiger partial charge is 0.261 e. The van der Waals surface area contributed by atoms with Gasteiger partial charge in [0.25, 0.3) is 10.0 Å². The molecular weight excluding hydrogens is 440 g/mol. The van der Waals surface area contributed by atoms with Gasteiger partial charge in [-0.05, 0) is 73.2 Å². The first kappa shape index (κ1) is 21.1. The quantitative estimate of drug-likeness (QED) is 0.428. The maximum absolute atomic E-state index is 13.2. The van der Waals surface area contributed by atoms with Crippen LogP contribution < -0.4 is 10.0 Å². The van der Waals surface area contributed by atoms with E-state index in [-0.39, 0.29) is 16.9 Å². The molecule has 0 radical (unpaired) electrons. The summed E-state index contributed by atoms with van der Waals surface area (Å²) in [5.74, 6) is 0.534. The third-order valence-corrected chi connectivity index (χ3v) is 8.37. The lowest BCUT2D eigenvalue weighted by atomic mass is 9.77. The minimum Gasteiger partial charge on any atom is -0.378 e. The number of hydrogen-bond acceptors (Lipinski definition) is 3. The molecule has 164 valence electrons. The molecule has 3 aromatic carbocycles. The third kappa shape index (κ3) is 3.70. The Balaban J connectivity index is 1.49. The summed E-state index contributed by atoms with van der Waals surface area (Å²) in [6.07, 6.45) is 5.39. The van der Waals surface area contributed by atoms with E-state index in [1.807, 2.05) is 12.1 Å². The number of hydrogen-bond donors (Lipinski definition) is 2. The van der Waals surface area contributed by atoms with Crippen LogP contribution in [0.2, 0.25) is 5.02 Å². The van der Waals surface area contributed by atoms with Crippen LogP contribution in [-0.2, 0) is 10.0 Å². The summed E-state index contributed by atoms with van der Waals surface area (Å²) in [5, 5.41) is 4.21. The molecule has 1 aliphatic carbocycles. The minimum atomic E-state index is -3.75. The van der Waals surface area contributed by atoms with Crippen LogP contribution >= 0.6 is 11.6 Å².